The SMILES string of the molecule is CC(C)CNC(=O)C(C)NCC1CCC=CO1. The van der Waals surface area contributed by atoms with Gasteiger partial charge in [-0.15, -0.1) is 0 Å². The Morgan fingerprint density at radius 1 is 1.47 bits per heavy atom. The molecule has 1 aliphatic rings. The molecule has 0 saturated heterocycles. The summed E-state index contributed by atoms with van der Waals surface area (Å²) in [7, 11) is 0. The highest BCUT2D eigenvalue weighted by Crippen LogP contribution is 2.09. The maximum atomic E-state index is 11.7. The second-order valence-electron chi connectivity index (χ2n) is 4.98. The third-order valence-electron chi connectivity index (χ3n) is 2.75. The van der Waals surface area contributed by atoms with Crippen LogP contribution in [0.4, 0.5) is 0 Å². The van der Waals surface area contributed by atoms with E-state index in [9.17, 15) is 4.79 Å². The lowest BCUT2D eigenvalue weighted by atomic mass is 10.1. The van der Waals surface area contributed by atoms with Crippen LogP contribution in [0.15, 0.2) is 12.3 Å². The molecule has 2 unspecified atom stereocenters. The van der Waals surface area contributed by atoms with Crippen LogP contribution in [0.25, 0.3) is 0 Å². The average molecular weight is 240 g/mol. The van der Waals surface area contributed by atoms with Crippen LogP contribution in [-0.2, 0) is 9.53 Å². The number of amides is 1. The Hall–Kier alpha value is -1.03. The molecular formula is C13H24N2O2. The van der Waals surface area contributed by atoms with Crippen molar-refractivity contribution in [2.24, 2.45) is 5.92 Å². The van der Waals surface area contributed by atoms with Gasteiger partial charge in [-0.1, -0.05) is 13.8 Å². The minimum Gasteiger partial charge on any atom is -0.497 e. The molecule has 0 aromatic carbocycles. The van der Waals surface area contributed by atoms with E-state index >= 15 is 0 Å². The molecule has 2 atom stereocenters. The van der Waals surface area contributed by atoms with E-state index in [1.165, 1.54) is 0 Å². The highest BCUT2D eigenvalue weighted by atomic mass is 16.5. The van der Waals surface area contributed by atoms with Crippen molar-refractivity contribution in [1.29, 1.82) is 0 Å². The standard InChI is InChI=1S/C13H24N2O2/c1-10(2)8-15-13(16)11(3)14-9-12-6-4-5-7-17-12/h5,7,10-12,14H,4,6,8-9H2,1-3H3,(H,15,16). The topological polar surface area (TPSA) is 50.4 Å². The number of rotatable bonds is 6. The van der Waals surface area contributed by atoms with Gasteiger partial charge in [0.15, 0.2) is 0 Å². The Kier molecular flexibility index (Phi) is 6.05. The molecule has 0 aromatic rings. The third-order valence-corrected chi connectivity index (χ3v) is 2.75. The first-order valence-electron chi connectivity index (χ1n) is 6.41. The van der Waals surface area contributed by atoms with Crippen molar-refractivity contribution in [3.8, 4) is 0 Å². The van der Waals surface area contributed by atoms with E-state index in [0.29, 0.717) is 5.92 Å². The molecule has 17 heavy (non-hydrogen) atoms. The van der Waals surface area contributed by atoms with Crippen LogP contribution in [-0.4, -0.2) is 31.1 Å². The highest BCUT2D eigenvalue weighted by Gasteiger charge is 2.16. The summed E-state index contributed by atoms with van der Waals surface area (Å²) in [4.78, 5) is 11.7. The van der Waals surface area contributed by atoms with E-state index in [1.54, 1.807) is 6.26 Å². The monoisotopic (exact) mass is 240 g/mol. The summed E-state index contributed by atoms with van der Waals surface area (Å²) in [6.45, 7) is 7.50. The van der Waals surface area contributed by atoms with E-state index in [2.05, 4.69) is 24.5 Å². The summed E-state index contributed by atoms with van der Waals surface area (Å²) in [6.07, 6.45) is 6.04. The Morgan fingerprint density at radius 2 is 2.24 bits per heavy atom. The van der Waals surface area contributed by atoms with Crippen molar-refractivity contribution < 1.29 is 9.53 Å². The second-order valence-corrected chi connectivity index (χ2v) is 4.98. The first-order valence-corrected chi connectivity index (χ1v) is 6.41. The van der Waals surface area contributed by atoms with E-state index in [-0.39, 0.29) is 18.1 Å². The maximum Gasteiger partial charge on any atom is 0.236 e. The zero-order valence-corrected chi connectivity index (χ0v) is 11.0. The number of hydrogen-bond donors (Lipinski definition) is 2. The maximum absolute atomic E-state index is 11.7. The zero-order valence-electron chi connectivity index (χ0n) is 11.0. The number of ether oxygens (including phenoxy) is 1. The van der Waals surface area contributed by atoms with Gasteiger partial charge in [0.25, 0.3) is 0 Å². The predicted octanol–water partition coefficient (Wildman–Crippen LogP) is 1.43. The summed E-state index contributed by atoms with van der Waals surface area (Å²) in [5.74, 6) is 0.544. The van der Waals surface area contributed by atoms with Crippen LogP contribution in [0.2, 0.25) is 0 Å². The minimum absolute atomic E-state index is 0.0602. The average Bonchev–Trinajstić information content (AvgIpc) is 2.34. The number of nitrogens with one attached hydrogen (secondary N) is 2. The molecule has 1 rings (SSSR count). The predicted molar refractivity (Wildman–Crippen MR) is 68.6 cm³/mol. The number of allylic oxidation sites excluding steroid dienone is 1. The van der Waals surface area contributed by atoms with Crippen molar-refractivity contribution in [2.75, 3.05) is 13.1 Å². The number of carbonyl (C=O) groups excluding carboxylic acids is 1. The molecule has 98 valence electrons. The van der Waals surface area contributed by atoms with Crippen LogP contribution >= 0.6 is 0 Å². The fraction of sp³-hybridized carbons (Fsp3) is 0.769. The molecule has 0 saturated carbocycles. The molecule has 0 aromatic heterocycles. The molecule has 1 aliphatic heterocycles. The van der Waals surface area contributed by atoms with Crippen molar-refractivity contribution in [2.45, 2.75) is 45.8 Å². The van der Waals surface area contributed by atoms with Crippen molar-refractivity contribution in [3.63, 3.8) is 0 Å². The molecule has 0 aliphatic carbocycles. The van der Waals surface area contributed by atoms with E-state index < -0.39 is 0 Å². The Labute approximate surface area is 104 Å². The summed E-state index contributed by atoms with van der Waals surface area (Å²) < 4.78 is 5.43. The van der Waals surface area contributed by atoms with Gasteiger partial charge in [-0.2, -0.15) is 0 Å². The van der Waals surface area contributed by atoms with Crippen LogP contribution in [0.3, 0.4) is 0 Å². The van der Waals surface area contributed by atoms with E-state index in [1.807, 2.05) is 13.0 Å². The minimum atomic E-state index is -0.164. The number of hydrogen-bond acceptors (Lipinski definition) is 3. The third kappa shape index (κ3) is 5.73. The lowest BCUT2D eigenvalue weighted by Crippen LogP contribution is -2.45. The van der Waals surface area contributed by atoms with Crippen LogP contribution in [0.1, 0.15) is 33.6 Å². The largest absolute Gasteiger partial charge is 0.497 e. The molecule has 2 N–H and O–H groups in total. The summed E-state index contributed by atoms with van der Waals surface area (Å²) in [5, 5.41) is 6.12. The van der Waals surface area contributed by atoms with E-state index in [0.717, 1.165) is 25.9 Å². The van der Waals surface area contributed by atoms with Crippen LogP contribution in [0.5, 0.6) is 0 Å². The molecule has 0 fully saturated rings. The number of carbonyl (C=O) groups is 1. The fourth-order valence-corrected chi connectivity index (χ4v) is 1.59. The first kappa shape index (κ1) is 14.0. The summed E-state index contributed by atoms with van der Waals surface area (Å²) in [6, 6.07) is -0.164. The van der Waals surface area contributed by atoms with Crippen LogP contribution in [0, 0.1) is 5.92 Å². The Balaban J connectivity index is 2.17. The first-order chi connectivity index (χ1) is 8.09. The molecule has 0 spiro atoms. The van der Waals surface area contributed by atoms with Gasteiger partial charge >= 0.3 is 0 Å². The quantitative estimate of drug-likeness (QED) is 0.738. The fourth-order valence-electron chi connectivity index (χ4n) is 1.59. The van der Waals surface area contributed by atoms with Gasteiger partial charge in [0, 0.05) is 13.1 Å². The van der Waals surface area contributed by atoms with Gasteiger partial charge < -0.3 is 15.4 Å². The molecular weight excluding hydrogens is 216 g/mol. The van der Waals surface area contributed by atoms with Gasteiger partial charge in [0.2, 0.25) is 5.91 Å². The Morgan fingerprint density at radius 3 is 2.82 bits per heavy atom. The lowest BCUT2D eigenvalue weighted by Gasteiger charge is -2.22. The second kappa shape index (κ2) is 7.33. The van der Waals surface area contributed by atoms with E-state index in [4.69, 9.17) is 4.74 Å². The molecule has 0 radical (unpaired) electrons. The van der Waals surface area contributed by atoms with Crippen molar-refractivity contribution >= 4 is 5.91 Å². The van der Waals surface area contributed by atoms with Crippen molar-refractivity contribution in [1.82, 2.24) is 10.6 Å². The Bertz CT molecular complexity index is 264. The van der Waals surface area contributed by atoms with Crippen LogP contribution < -0.4 is 10.6 Å². The molecule has 4 heteroatoms. The lowest BCUT2D eigenvalue weighted by molar-refractivity contribution is -0.123. The highest BCUT2D eigenvalue weighted by molar-refractivity contribution is 5.81. The molecule has 4 nitrogen and oxygen atoms in total. The van der Waals surface area contributed by atoms with Gasteiger partial charge in [-0.05, 0) is 31.8 Å². The summed E-state index contributed by atoms with van der Waals surface area (Å²) >= 11 is 0. The van der Waals surface area contributed by atoms with Gasteiger partial charge in [0.1, 0.15) is 6.10 Å². The molecule has 1 amide bonds. The molecule has 1 heterocycles. The zero-order chi connectivity index (χ0) is 12.7. The van der Waals surface area contributed by atoms with Gasteiger partial charge in [-0.3, -0.25) is 4.79 Å². The molecule has 0 bridgehead atoms. The smallest absolute Gasteiger partial charge is 0.236 e. The normalized spacial score (nSPS) is 21.1. The van der Waals surface area contributed by atoms with Gasteiger partial charge in [-0.25, -0.2) is 0 Å². The van der Waals surface area contributed by atoms with Crippen molar-refractivity contribution in [3.05, 3.63) is 12.3 Å². The summed E-state index contributed by atoms with van der Waals surface area (Å²) in [5.41, 5.74) is 0. The van der Waals surface area contributed by atoms with Gasteiger partial charge in [0.05, 0.1) is 12.3 Å².